The van der Waals surface area contributed by atoms with Gasteiger partial charge in [0.05, 0.1) is 13.5 Å². The molecule has 18 heavy (non-hydrogen) atoms. The standard InChI is InChI=1S/C14H18BrNO2/c1-18-12-4-2-3-11(7-12)8-13(17)16-10-14(9-15)5-6-14/h2-4,7H,5-6,8-10H2,1H3,(H,16,17). The maximum absolute atomic E-state index is 11.8. The van der Waals surface area contributed by atoms with E-state index in [9.17, 15) is 4.79 Å². The molecule has 1 aromatic carbocycles. The van der Waals surface area contributed by atoms with Gasteiger partial charge in [0.1, 0.15) is 5.75 Å². The predicted molar refractivity (Wildman–Crippen MR) is 75.2 cm³/mol. The summed E-state index contributed by atoms with van der Waals surface area (Å²) in [6.07, 6.45) is 2.82. The number of hydrogen-bond acceptors (Lipinski definition) is 2. The van der Waals surface area contributed by atoms with Gasteiger partial charge in [-0.15, -0.1) is 0 Å². The van der Waals surface area contributed by atoms with E-state index in [2.05, 4.69) is 21.2 Å². The first-order valence-corrected chi connectivity index (χ1v) is 7.25. The van der Waals surface area contributed by atoms with Crippen LogP contribution in [0.1, 0.15) is 18.4 Å². The van der Waals surface area contributed by atoms with Crippen LogP contribution in [0.15, 0.2) is 24.3 Å². The molecule has 0 atom stereocenters. The summed E-state index contributed by atoms with van der Waals surface area (Å²) in [6, 6.07) is 7.63. The highest BCUT2D eigenvalue weighted by Crippen LogP contribution is 2.46. The fraction of sp³-hybridized carbons (Fsp3) is 0.500. The lowest BCUT2D eigenvalue weighted by Crippen LogP contribution is -2.32. The molecule has 4 heteroatoms. The summed E-state index contributed by atoms with van der Waals surface area (Å²) in [5.41, 5.74) is 1.31. The molecule has 1 saturated carbocycles. The van der Waals surface area contributed by atoms with E-state index in [-0.39, 0.29) is 5.91 Å². The summed E-state index contributed by atoms with van der Waals surface area (Å²) < 4.78 is 5.14. The third-order valence-corrected chi connectivity index (χ3v) is 4.59. The van der Waals surface area contributed by atoms with Gasteiger partial charge < -0.3 is 10.1 Å². The molecule has 0 radical (unpaired) electrons. The number of methoxy groups -OCH3 is 1. The van der Waals surface area contributed by atoms with E-state index in [0.717, 1.165) is 23.2 Å². The van der Waals surface area contributed by atoms with Gasteiger partial charge in [-0.2, -0.15) is 0 Å². The van der Waals surface area contributed by atoms with Crippen LogP contribution in [-0.2, 0) is 11.2 Å². The third kappa shape index (κ3) is 3.48. The number of carbonyl (C=O) groups excluding carboxylic acids is 1. The van der Waals surface area contributed by atoms with Crippen LogP contribution in [-0.4, -0.2) is 24.9 Å². The number of rotatable bonds is 6. The zero-order valence-electron chi connectivity index (χ0n) is 10.5. The Morgan fingerprint density at radius 2 is 2.28 bits per heavy atom. The number of ether oxygens (including phenoxy) is 1. The second-order valence-electron chi connectivity index (χ2n) is 4.94. The number of hydrogen-bond donors (Lipinski definition) is 1. The van der Waals surface area contributed by atoms with E-state index in [0.29, 0.717) is 11.8 Å². The van der Waals surface area contributed by atoms with Crippen molar-refractivity contribution < 1.29 is 9.53 Å². The molecular formula is C14H18BrNO2. The van der Waals surface area contributed by atoms with Crippen LogP contribution in [0.3, 0.4) is 0 Å². The van der Waals surface area contributed by atoms with E-state index in [1.165, 1.54) is 12.8 Å². The molecule has 1 aliphatic rings. The smallest absolute Gasteiger partial charge is 0.224 e. The van der Waals surface area contributed by atoms with Crippen LogP contribution >= 0.6 is 15.9 Å². The minimum atomic E-state index is 0.0791. The molecule has 1 amide bonds. The molecule has 1 N–H and O–H groups in total. The summed E-state index contributed by atoms with van der Waals surface area (Å²) >= 11 is 3.50. The Kier molecular flexibility index (Phi) is 4.27. The Morgan fingerprint density at radius 3 is 2.89 bits per heavy atom. The summed E-state index contributed by atoms with van der Waals surface area (Å²) in [5, 5.41) is 3.98. The van der Waals surface area contributed by atoms with E-state index < -0.39 is 0 Å². The van der Waals surface area contributed by atoms with Crippen molar-refractivity contribution in [1.82, 2.24) is 5.32 Å². The van der Waals surface area contributed by atoms with Gasteiger partial charge in [0.2, 0.25) is 5.91 Å². The van der Waals surface area contributed by atoms with Crippen LogP contribution in [0.4, 0.5) is 0 Å². The molecule has 2 rings (SSSR count). The summed E-state index contributed by atoms with van der Waals surface area (Å²) in [7, 11) is 1.63. The lowest BCUT2D eigenvalue weighted by Gasteiger charge is -2.12. The highest BCUT2D eigenvalue weighted by atomic mass is 79.9. The van der Waals surface area contributed by atoms with Gasteiger partial charge in [-0.25, -0.2) is 0 Å². The number of alkyl halides is 1. The molecule has 0 saturated heterocycles. The van der Waals surface area contributed by atoms with Crippen molar-refractivity contribution in [2.45, 2.75) is 19.3 Å². The van der Waals surface area contributed by atoms with Gasteiger partial charge in [-0.3, -0.25) is 4.79 Å². The lowest BCUT2D eigenvalue weighted by atomic mass is 10.1. The third-order valence-electron chi connectivity index (χ3n) is 3.40. The molecule has 1 aromatic rings. The van der Waals surface area contributed by atoms with Crippen molar-refractivity contribution in [3.63, 3.8) is 0 Å². The molecule has 0 aliphatic heterocycles. The van der Waals surface area contributed by atoms with Crippen molar-refractivity contribution >= 4 is 21.8 Å². The Hall–Kier alpha value is -1.03. The first-order chi connectivity index (χ1) is 8.67. The van der Waals surface area contributed by atoms with Crippen LogP contribution in [0, 0.1) is 5.41 Å². The molecule has 3 nitrogen and oxygen atoms in total. The SMILES string of the molecule is COc1cccc(CC(=O)NCC2(CBr)CC2)c1. The lowest BCUT2D eigenvalue weighted by molar-refractivity contribution is -0.120. The number of benzene rings is 1. The number of carbonyl (C=O) groups is 1. The van der Waals surface area contributed by atoms with Crippen molar-refractivity contribution in [3.05, 3.63) is 29.8 Å². The number of halogens is 1. The predicted octanol–water partition coefficient (Wildman–Crippen LogP) is 2.53. The Labute approximate surface area is 116 Å². The van der Waals surface area contributed by atoms with Gasteiger partial charge >= 0.3 is 0 Å². The van der Waals surface area contributed by atoms with E-state index >= 15 is 0 Å². The quantitative estimate of drug-likeness (QED) is 0.820. The molecular weight excluding hydrogens is 294 g/mol. The van der Waals surface area contributed by atoms with Gasteiger partial charge in [-0.05, 0) is 36.0 Å². The zero-order chi connectivity index (χ0) is 13.0. The number of amides is 1. The van der Waals surface area contributed by atoms with Gasteiger partial charge in [-0.1, -0.05) is 28.1 Å². The van der Waals surface area contributed by atoms with Crippen LogP contribution < -0.4 is 10.1 Å². The van der Waals surface area contributed by atoms with Gasteiger partial charge in [0.25, 0.3) is 0 Å². The fourth-order valence-electron chi connectivity index (χ4n) is 1.85. The van der Waals surface area contributed by atoms with E-state index in [1.807, 2.05) is 24.3 Å². The van der Waals surface area contributed by atoms with Crippen molar-refractivity contribution in [2.75, 3.05) is 19.0 Å². The molecule has 0 unspecified atom stereocenters. The molecule has 0 bridgehead atoms. The van der Waals surface area contributed by atoms with Crippen molar-refractivity contribution in [2.24, 2.45) is 5.41 Å². The highest BCUT2D eigenvalue weighted by Gasteiger charge is 2.41. The van der Waals surface area contributed by atoms with Crippen molar-refractivity contribution in [3.8, 4) is 5.75 Å². The van der Waals surface area contributed by atoms with Gasteiger partial charge in [0.15, 0.2) is 0 Å². The minimum absolute atomic E-state index is 0.0791. The van der Waals surface area contributed by atoms with E-state index in [4.69, 9.17) is 4.74 Å². The first-order valence-electron chi connectivity index (χ1n) is 6.13. The number of nitrogens with one attached hydrogen (secondary N) is 1. The fourth-order valence-corrected chi connectivity index (χ4v) is 2.61. The maximum atomic E-state index is 11.8. The van der Waals surface area contributed by atoms with E-state index in [1.54, 1.807) is 7.11 Å². The molecule has 0 heterocycles. The molecule has 0 spiro atoms. The van der Waals surface area contributed by atoms with Gasteiger partial charge in [0, 0.05) is 11.9 Å². The zero-order valence-corrected chi connectivity index (χ0v) is 12.1. The Bertz CT molecular complexity index is 430. The largest absolute Gasteiger partial charge is 0.497 e. The normalized spacial score (nSPS) is 16.1. The highest BCUT2D eigenvalue weighted by molar-refractivity contribution is 9.09. The molecule has 1 fully saturated rings. The topological polar surface area (TPSA) is 38.3 Å². The van der Waals surface area contributed by atoms with Crippen LogP contribution in [0.2, 0.25) is 0 Å². The first kappa shape index (κ1) is 13.4. The summed E-state index contributed by atoms with van der Waals surface area (Å²) in [5.74, 6) is 0.870. The Morgan fingerprint density at radius 1 is 1.50 bits per heavy atom. The average molecular weight is 312 g/mol. The minimum Gasteiger partial charge on any atom is -0.497 e. The maximum Gasteiger partial charge on any atom is 0.224 e. The van der Waals surface area contributed by atoms with Crippen LogP contribution in [0.25, 0.3) is 0 Å². The second-order valence-corrected chi connectivity index (χ2v) is 5.50. The molecule has 0 aromatic heterocycles. The molecule has 1 aliphatic carbocycles. The summed E-state index contributed by atoms with van der Waals surface area (Å²) in [4.78, 5) is 11.8. The Balaban J connectivity index is 1.83. The van der Waals surface area contributed by atoms with Crippen LogP contribution in [0.5, 0.6) is 5.75 Å². The monoisotopic (exact) mass is 311 g/mol. The summed E-state index contributed by atoms with van der Waals surface area (Å²) in [6.45, 7) is 0.779. The molecule has 98 valence electrons. The van der Waals surface area contributed by atoms with Crippen molar-refractivity contribution in [1.29, 1.82) is 0 Å². The second kappa shape index (κ2) is 5.74. The average Bonchev–Trinajstić information content (AvgIpc) is 3.17.